The van der Waals surface area contributed by atoms with Gasteiger partial charge < -0.3 is 10.4 Å². The van der Waals surface area contributed by atoms with Crippen LogP contribution in [0.5, 0.6) is 0 Å². The number of carbonyl (C=O) groups is 2. The summed E-state index contributed by atoms with van der Waals surface area (Å²) in [6, 6.07) is 1.48. The molecule has 0 spiro atoms. The van der Waals surface area contributed by atoms with Crippen LogP contribution in [0.1, 0.15) is 22.2 Å². The highest BCUT2D eigenvalue weighted by molar-refractivity contribution is 7.91. The van der Waals surface area contributed by atoms with Gasteiger partial charge in [-0.1, -0.05) is 6.92 Å². The van der Waals surface area contributed by atoms with Gasteiger partial charge in [0.25, 0.3) is 0 Å². The van der Waals surface area contributed by atoms with Gasteiger partial charge in [-0.3, -0.25) is 4.79 Å². The Kier molecular flexibility index (Phi) is 4.47. The Labute approximate surface area is 109 Å². The number of sulfone groups is 1. The molecule has 0 aliphatic heterocycles. The van der Waals surface area contributed by atoms with E-state index in [9.17, 15) is 18.0 Å². The van der Waals surface area contributed by atoms with Crippen molar-refractivity contribution in [2.45, 2.75) is 13.3 Å². The van der Waals surface area contributed by atoms with Gasteiger partial charge >= 0.3 is 5.97 Å². The molecule has 0 saturated heterocycles. The zero-order valence-electron chi connectivity index (χ0n) is 9.89. The van der Waals surface area contributed by atoms with Crippen LogP contribution in [0, 0.1) is 0 Å². The number of thiophene rings is 1. The number of nitrogens with one attached hydrogen (secondary N) is 1. The minimum Gasteiger partial charge on any atom is -0.478 e. The van der Waals surface area contributed by atoms with Gasteiger partial charge in [-0.15, -0.1) is 11.3 Å². The van der Waals surface area contributed by atoms with E-state index in [4.69, 9.17) is 5.11 Å². The second-order valence-electron chi connectivity index (χ2n) is 3.73. The highest BCUT2D eigenvalue weighted by atomic mass is 32.2. The number of hydrogen-bond donors (Lipinski definition) is 2. The van der Waals surface area contributed by atoms with Crippen molar-refractivity contribution in [2.24, 2.45) is 0 Å². The topological polar surface area (TPSA) is 101 Å². The van der Waals surface area contributed by atoms with Crippen molar-refractivity contribution in [1.82, 2.24) is 0 Å². The number of carbonyl (C=O) groups excluding carboxylic acids is 1. The largest absolute Gasteiger partial charge is 0.478 e. The average Bonchev–Trinajstić information content (AvgIpc) is 2.57. The van der Waals surface area contributed by atoms with Crippen LogP contribution in [-0.2, 0) is 21.1 Å². The van der Waals surface area contributed by atoms with Crippen molar-refractivity contribution in [3.8, 4) is 0 Å². The molecule has 18 heavy (non-hydrogen) atoms. The Morgan fingerprint density at radius 2 is 2.06 bits per heavy atom. The Morgan fingerprint density at radius 3 is 2.50 bits per heavy atom. The molecule has 1 aromatic rings. The van der Waals surface area contributed by atoms with Gasteiger partial charge in [-0.2, -0.15) is 0 Å². The van der Waals surface area contributed by atoms with Crippen LogP contribution in [0.15, 0.2) is 6.07 Å². The Bertz CT molecular complexity index is 573. The maximum atomic E-state index is 11.4. The van der Waals surface area contributed by atoms with Gasteiger partial charge in [0, 0.05) is 11.1 Å². The molecule has 0 saturated carbocycles. The van der Waals surface area contributed by atoms with Gasteiger partial charge in [0.2, 0.25) is 5.91 Å². The van der Waals surface area contributed by atoms with Gasteiger partial charge in [0.1, 0.15) is 10.8 Å². The van der Waals surface area contributed by atoms with Crippen LogP contribution in [0.4, 0.5) is 5.00 Å². The molecule has 1 amide bonds. The van der Waals surface area contributed by atoms with Gasteiger partial charge in [-0.05, 0) is 12.5 Å². The molecule has 0 aromatic carbocycles. The first-order valence-corrected chi connectivity index (χ1v) is 7.94. The fourth-order valence-corrected chi connectivity index (χ4v) is 2.82. The standard InChI is InChI=1S/C10H13NO5S2/c1-3-6-4-7(10(13)14)9(17-6)11-8(12)5-18(2,15)16/h4H,3,5H2,1-2H3,(H,11,12)(H,13,14). The minimum absolute atomic E-state index is 0.0151. The lowest BCUT2D eigenvalue weighted by atomic mass is 10.2. The zero-order valence-corrected chi connectivity index (χ0v) is 11.5. The summed E-state index contributed by atoms with van der Waals surface area (Å²) >= 11 is 1.13. The van der Waals surface area contributed by atoms with Gasteiger partial charge in [0.15, 0.2) is 9.84 Å². The van der Waals surface area contributed by atoms with E-state index >= 15 is 0 Å². The monoisotopic (exact) mass is 291 g/mol. The maximum absolute atomic E-state index is 11.4. The molecule has 0 atom stereocenters. The smallest absolute Gasteiger partial charge is 0.338 e. The SMILES string of the molecule is CCc1cc(C(=O)O)c(NC(=O)CS(C)(=O)=O)s1. The molecule has 1 rings (SSSR count). The number of rotatable bonds is 5. The second kappa shape index (κ2) is 5.49. The fraction of sp³-hybridized carbons (Fsp3) is 0.400. The van der Waals surface area contributed by atoms with Crippen LogP contribution in [0.3, 0.4) is 0 Å². The summed E-state index contributed by atoms with van der Waals surface area (Å²) in [4.78, 5) is 23.2. The maximum Gasteiger partial charge on any atom is 0.338 e. The summed E-state index contributed by atoms with van der Waals surface area (Å²) in [5, 5.41) is 11.5. The highest BCUT2D eigenvalue weighted by Gasteiger charge is 2.18. The van der Waals surface area contributed by atoms with Crippen molar-refractivity contribution in [1.29, 1.82) is 0 Å². The first kappa shape index (κ1) is 14.7. The number of aromatic carboxylic acids is 1. The van der Waals surface area contributed by atoms with E-state index in [0.717, 1.165) is 22.5 Å². The Morgan fingerprint density at radius 1 is 1.44 bits per heavy atom. The van der Waals surface area contributed by atoms with E-state index in [1.54, 1.807) is 0 Å². The van der Waals surface area contributed by atoms with E-state index in [1.807, 2.05) is 6.92 Å². The number of carboxylic acids is 1. The minimum atomic E-state index is -3.43. The van der Waals surface area contributed by atoms with Crippen LogP contribution >= 0.6 is 11.3 Å². The Hall–Kier alpha value is -1.41. The molecule has 1 aromatic heterocycles. The molecule has 0 unspecified atom stereocenters. The van der Waals surface area contributed by atoms with Crippen molar-refractivity contribution >= 4 is 38.1 Å². The van der Waals surface area contributed by atoms with Crippen molar-refractivity contribution in [3.63, 3.8) is 0 Å². The third-order valence-corrected chi connectivity index (χ3v) is 3.99. The molecule has 2 N–H and O–H groups in total. The summed E-state index contributed by atoms with van der Waals surface area (Å²) in [6.45, 7) is 1.86. The summed E-state index contributed by atoms with van der Waals surface area (Å²) < 4.78 is 21.9. The summed E-state index contributed by atoms with van der Waals surface area (Å²) in [5.41, 5.74) is -0.0151. The van der Waals surface area contributed by atoms with Crippen molar-refractivity contribution < 1.29 is 23.1 Å². The summed E-state index contributed by atoms with van der Waals surface area (Å²) in [5.74, 6) is -2.55. The molecule has 0 fully saturated rings. The number of carboxylic acid groups (broad SMARTS) is 1. The normalized spacial score (nSPS) is 11.2. The first-order valence-electron chi connectivity index (χ1n) is 5.06. The first-order chi connectivity index (χ1) is 8.23. The third-order valence-electron chi connectivity index (χ3n) is 2.01. The number of amides is 1. The zero-order chi connectivity index (χ0) is 13.9. The van der Waals surface area contributed by atoms with E-state index < -0.39 is 27.5 Å². The fourth-order valence-electron chi connectivity index (χ4n) is 1.27. The van der Waals surface area contributed by atoms with Gasteiger partial charge in [-0.25, -0.2) is 13.2 Å². The van der Waals surface area contributed by atoms with Crippen LogP contribution in [0.25, 0.3) is 0 Å². The lowest BCUT2D eigenvalue weighted by Gasteiger charge is -2.02. The van der Waals surface area contributed by atoms with E-state index in [0.29, 0.717) is 6.42 Å². The Balaban J connectivity index is 2.93. The van der Waals surface area contributed by atoms with E-state index in [2.05, 4.69) is 5.32 Å². The molecule has 0 bridgehead atoms. The molecular weight excluding hydrogens is 278 g/mol. The molecule has 100 valence electrons. The van der Waals surface area contributed by atoms with E-state index in [1.165, 1.54) is 6.07 Å². The molecule has 8 heteroatoms. The van der Waals surface area contributed by atoms with Crippen molar-refractivity contribution in [3.05, 3.63) is 16.5 Å². The predicted molar refractivity (Wildman–Crippen MR) is 69.0 cm³/mol. The van der Waals surface area contributed by atoms with Crippen LogP contribution in [-0.4, -0.2) is 37.4 Å². The average molecular weight is 291 g/mol. The predicted octanol–water partition coefficient (Wildman–Crippen LogP) is 0.992. The molecule has 6 nitrogen and oxygen atoms in total. The van der Waals surface area contributed by atoms with Crippen LogP contribution < -0.4 is 5.32 Å². The summed E-state index contributed by atoms with van der Waals surface area (Å²) in [7, 11) is -3.43. The molecule has 0 radical (unpaired) electrons. The molecule has 1 heterocycles. The lowest BCUT2D eigenvalue weighted by molar-refractivity contribution is -0.113. The summed E-state index contributed by atoms with van der Waals surface area (Å²) in [6.07, 6.45) is 1.59. The molecule has 0 aliphatic rings. The molecular formula is C10H13NO5S2. The van der Waals surface area contributed by atoms with Gasteiger partial charge in [0.05, 0.1) is 5.56 Å². The second-order valence-corrected chi connectivity index (χ2v) is 7.01. The quantitative estimate of drug-likeness (QED) is 0.842. The number of aryl methyl sites for hydroxylation is 1. The third kappa shape index (κ3) is 4.11. The number of hydrogen-bond acceptors (Lipinski definition) is 5. The molecule has 0 aliphatic carbocycles. The lowest BCUT2D eigenvalue weighted by Crippen LogP contribution is -2.22. The van der Waals surface area contributed by atoms with Crippen LogP contribution in [0.2, 0.25) is 0 Å². The highest BCUT2D eigenvalue weighted by Crippen LogP contribution is 2.28. The van der Waals surface area contributed by atoms with E-state index in [-0.39, 0.29) is 10.6 Å². The van der Waals surface area contributed by atoms with Crippen molar-refractivity contribution in [2.75, 3.05) is 17.3 Å². The number of anilines is 1.